The summed E-state index contributed by atoms with van der Waals surface area (Å²) in [6, 6.07) is 11.9. The summed E-state index contributed by atoms with van der Waals surface area (Å²) in [5.74, 6) is 0.678. The average molecular weight is 490 g/mol. The molecule has 0 saturated carbocycles. The second-order valence-electron chi connectivity index (χ2n) is 6.47. The standard InChI is InChI=1S/C21H19IN2O2S/c22-15-6-3-5-14(11-15)12-24-21-19(17-8-1-2-9-18(17)27-21)20(25)23-13-16-7-4-10-26-16/h3-7,10-12H,1-2,8-9,13H2,(H,23,25). The highest BCUT2D eigenvalue weighted by Crippen LogP contribution is 2.39. The molecular weight excluding hydrogens is 471 g/mol. The van der Waals surface area contributed by atoms with Crippen molar-refractivity contribution in [3.05, 3.63) is 73.6 Å². The van der Waals surface area contributed by atoms with Gasteiger partial charge < -0.3 is 9.73 Å². The maximum Gasteiger partial charge on any atom is 0.255 e. The van der Waals surface area contributed by atoms with Crippen LogP contribution in [0, 0.1) is 3.57 Å². The topological polar surface area (TPSA) is 54.6 Å². The summed E-state index contributed by atoms with van der Waals surface area (Å²) in [6.45, 7) is 0.385. The van der Waals surface area contributed by atoms with Gasteiger partial charge in [-0.25, -0.2) is 4.99 Å². The first-order valence-corrected chi connectivity index (χ1v) is 10.8. The van der Waals surface area contributed by atoms with Crippen LogP contribution in [0.5, 0.6) is 0 Å². The van der Waals surface area contributed by atoms with E-state index in [0.717, 1.165) is 41.2 Å². The van der Waals surface area contributed by atoms with E-state index in [-0.39, 0.29) is 5.91 Å². The van der Waals surface area contributed by atoms with E-state index >= 15 is 0 Å². The lowest BCUT2D eigenvalue weighted by atomic mass is 9.95. The number of benzene rings is 1. The van der Waals surface area contributed by atoms with E-state index in [2.05, 4.69) is 40.0 Å². The number of thiophene rings is 1. The van der Waals surface area contributed by atoms with E-state index in [9.17, 15) is 4.79 Å². The van der Waals surface area contributed by atoms with E-state index in [0.29, 0.717) is 6.54 Å². The van der Waals surface area contributed by atoms with E-state index in [1.54, 1.807) is 17.6 Å². The lowest BCUT2D eigenvalue weighted by Gasteiger charge is -2.12. The molecule has 6 heteroatoms. The number of furan rings is 1. The normalized spacial score (nSPS) is 13.7. The van der Waals surface area contributed by atoms with E-state index in [4.69, 9.17) is 9.41 Å². The van der Waals surface area contributed by atoms with Gasteiger partial charge in [-0.1, -0.05) is 12.1 Å². The summed E-state index contributed by atoms with van der Waals surface area (Å²) in [5, 5.41) is 3.79. The third-order valence-corrected chi connectivity index (χ3v) is 6.43. The van der Waals surface area contributed by atoms with Crippen molar-refractivity contribution in [1.82, 2.24) is 5.32 Å². The highest BCUT2D eigenvalue weighted by Gasteiger charge is 2.25. The van der Waals surface area contributed by atoms with Crippen LogP contribution in [-0.2, 0) is 19.4 Å². The van der Waals surface area contributed by atoms with Crippen LogP contribution < -0.4 is 5.32 Å². The highest BCUT2D eigenvalue weighted by molar-refractivity contribution is 14.1. The SMILES string of the molecule is O=C(NCc1ccco1)c1c(N=Cc2cccc(I)c2)sc2c1CCCC2. The average Bonchev–Trinajstić information content (AvgIpc) is 3.32. The molecule has 0 bridgehead atoms. The maximum absolute atomic E-state index is 12.9. The molecule has 1 aliphatic rings. The molecule has 1 amide bonds. The minimum atomic E-state index is -0.0689. The van der Waals surface area contributed by atoms with Gasteiger partial charge in [0.05, 0.1) is 18.4 Å². The molecule has 2 heterocycles. The molecule has 2 aromatic heterocycles. The van der Waals surface area contributed by atoms with Gasteiger partial charge in [0.15, 0.2) is 0 Å². The quantitative estimate of drug-likeness (QED) is 0.379. The molecule has 27 heavy (non-hydrogen) atoms. The molecule has 4 nitrogen and oxygen atoms in total. The molecular formula is C21H19IN2O2S. The first kappa shape index (κ1) is 18.4. The van der Waals surface area contributed by atoms with E-state index < -0.39 is 0 Å². The van der Waals surface area contributed by atoms with Gasteiger partial charge in [-0.3, -0.25) is 4.79 Å². The first-order chi connectivity index (χ1) is 13.2. The minimum absolute atomic E-state index is 0.0689. The third kappa shape index (κ3) is 4.32. The Morgan fingerprint density at radius 2 is 2.15 bits per heavy atom. The van der Waals surface area contributed by atoms with Crippen LogP contribution in [0.1, 0.15) is 45.0 Å². The van der Waals surface area contributed by atoms with Crippen LogP contribution in [0.15, 0.2) is 52.1 Å². The predicted molar refractivity (Wildman–Crippen MR) is 117 cm³/mol. The fourth-order valence-electron chi connectivity index (χ4n) is 3.27. The van der Waals surface area contributed by atoms with Gasteiger partial charge in [0.2, 0.25) is 0 Å². The summed E-state index contributed by atoms with van der Waals surface area (Å²) in [4.78, 5) is 18.9. The molecule has 0 unspecified atom stereocenters. The number of fused-ring (bicyclic) bond motifs is 1. The maximum atomic E-state index is 12.9. The molecule has 0 atom stereocenters. The predicted octanol–water partition coefficient (Wildman–Crippen LogP) is 5.51. The molecule has 0 saturated heterocycles. The molecule has 0 radical (unpaired) electrons. The van der Waals surface area contributed by atoms with Crippen molar-refractivity contribution in [1.29, 1.82) is 0 Å². The monoisotopic (exact) mass is 490 g/mol. The van der Waals surface area contributed by atoms with Crippen LogP contribution >= 0.6 is 33.9 Å². The number of hydrogen-bond donors (Lipinski definition) is 1. The Kier molecular flexibility index (Phi) is 5.73. The summed E-state index contributed by atoms with van der Waals surface area (Å²) in [7, 11) is 0. The zero-order valence-electron chi connectivity index (χ0n) is 14.7. The number of aliphatic imine (C=N–C) groups is 1. The van der Waals surface area contributed by atoms with Crippen molar-refractivity contribution in [2.24, 2.45) is 4.99 Å². The van der Waals surface area contributed by atoms with E-state index in [1.807, 2.05) is 30.5 Å². The lowest BCUT2D eigenvalue weighted by Crippen LogP contribution is -2.23. The zero-order valence-corrected chi connectivity index (χ0v) is 17.7. The molecule has 1 aromatic carbocycles. The Morgan fingerprint density at radius 3 is 2.96 bits per heavy atom. The smallest absolute Gasteiger partial charge is 0.255 e. The summed E-state index contributed by atoms with van der Waals surface area (Å²) < 4.78 is 6.48. The van der Waals surface area contributed by atoms with Gasteiger partial charge in [-0.05, 0) is 83.7 Å². The van der Waals surface area contributed by atoms with Gasteiger partial charge in [0, 0.05) is 14.7 Å². The van der Waals surface area contributed by atoms with Gasteiger partial charge in [-0.15, -0.1) is 11.3 Å². The minimum Gasteiger partial charge on any atom is -0.467 e. The number of carbonyl (C=O) groups is 1. The summed E-state index contributed by atoms with van der Waals surface area (Å²) in [6.07, 6.45) is 7.77. The molecule has 4 rings (SSSR count). The molecule has 1 aliphatic carbocycles. The van der Waals surface area contributed by atoms with Gasteiger partial charge >= 0.3 is 0 Å². The summed E-state index contributed by atoms with van der Waals surface area (Å²) in [5.41, 5.74) is 2.95. The number of rotatable bonds is 5. The zero-order chi connectivity index (χ0) is 18.6. The number of hydrogen-bond acceptors (Lipinski definition) is 4. The Hall–Kier alpha value is -1.93. The highest BCUT2D eigenvalue weighted by atomic mass is 127. The Balaban J connectivity index is 1.62. The largest absolute Gasteiger partial charge is 0.467 e. The number of amides is 1. The van der Waals surface area contributed by atoms with Crippen LogP contribution in [0.4, 0.5) is 5.00 Å². The molecule has 0 spiro atoms. The Bertz CT molecular complexity index is 976. The lowest BCUT2D eigenvalue weighted by molar-refractivity contribution is 0.0948. The molecule has 0 aliphatic heterocycles. The molecule has 0 fully saturated rings. The van der Waals surface area contributed by atoms with Crippen LogP contribution in [0.25, 0.3) is 0 Å². The number of nitrogens with one attached hydrogen (secondary N) is 1. The van der Waals surface area contributed by atoms with Crippen LogP contribution in [-0.4, -0.2) is 12.1 Å². The number of nitrogens with zero attached hydrogens (tertiary/aromatic N) is 1. The second kappa shape index (κ2) is 8.39. The molecule has 1 N–H and O–H groups in total. The fraction of sp³-hybridized carbons (Fsp3) is 0.238. The first-order valence-electron chi connectivity index (χ1n) is 8.95. The second-order valence-corrected chi connectivity index (χ2v) is 8.80. The summed E-state index contributed by atoms with van der Waals surface area (Å²) >= 11 is 3.94. The number of halogens is 1. The third-order valence-electron chi connectivity index (χ3n) is 4.56. The van der Waals surface area contributed by atoms with Gasteiger partial charge in [-0.2, -0.15) is 0 Å². The van der Waals surface area contributed by atoms with Crippen LogP contribution in [0.3, 0.4) is 0 Å². The number of carbonyl (C=O) groups excluding carboxylic acids is 1. The van der Waals surface area contributed by atoms with Crippen molar-refractivity contribution in [2.45, 2.75) is 32.2 Å². The molecule has 138 valence electrons. The van der Waals surface area contributed by atoms with Crippen LogP contribution in [0.2, 0.25) is 0 Å². The van der Waals surface area contributed by atoms with Crippen molar-refractivity contribution in [3.8, 4) is 0 Å². The fourth-order valence-corrected chi connectivity index (χ4v) is 5.06. The van der Waals surface area contributed by atoms with Crippen molar-refractivity contribution in [2.75, 3.05) is 0 Å². The van der Waals surface area contributed by atoms with Crippen molar-refractivity contribution in [3.63, 3.8) is 0 Å². The van der Waals surface area contributed by atoms with Crippen molar-refractivity contribution >= 4 is 51.1 Å². The van der Waals surface area contributed by atoms with Gasteiger partial charge in [0.1, 0.15) is 10.8 Å². The van der Waals surface area contributed by atoms with Crippen molar-refractivity contribution < 1.29 is 9.21 Å². The van der Waals surface area contributed by atoms with Gasteiger partial charge in [0.25, 0.3) is 5.91 Å². The van der Waals surface area contributed by atoms with E-state index in [1.165, 1.54) is 20.4 Å². The Morgan fingerprint density at radius 1 is 1.26 bits per heavy atom. The number of aryl methyl sites for hydroxylation is 1. The Labute approximate surface area is 175 Å². The molecule has 3 aromatic rings.